The van der Waals surface area contributed by atoms with Crippen LogP contribution in [0.3, 0.4) is 0 Å². The molecule has 29 heavy (non-hydrogen) atoms. The van der Waals surface area contributed by atoms with Gasteiger partial charge < -0.3 is 24.8 Å². The Hall–Kier alpha value is -0.900. The van der Waals surface area contributed by atoms with Gasteiger partial charge >= 0.3 is 0 Å². The van der Waals surface area contributed by atoms with Crippen molar-refractivity contribution < 1.29 is 14.2 Å². The fraction of sp³-hybridized carbons (Fsp3) is 0.682. The van der Waals surface area contributed by atoms with E-state index in [1.807, 2.05) is 0 Å². The van der Waals surface area contributed by atoms with Crippen molar-refractivity contribution in [3.05, 3.63) is 35.9 Å². The van der Waals surface area contributed by atoms with Gasteiger partial charge in [-0.2, -0.15) is 0 Å². The molecule has 1 fully saturated rings. The summed E-state index contributed by atoms with van der Waals surface area (Å²) < 4.78 is 16.7. The molecule has 0 amide bonds. The third-order valence-corrected chi connectivity index (χ3v) is 5.21. The number of guanidine groups is 1. The van der Waals surface area contributed by atoms with E-state index in [0.717, 1.165) is 64.6 Å². The molecule has 1 aromatic carbocycles. The Kier molecular flexibility index (Phi) is 14.3. The number of rotatable bonds is 12. The largest absolute Gasteiger partial charge is 0.381 e. The molecule has 0 aliphatic carbocycles. The van der Waals surface area contributed by atoms with Crippen LogP contribution in [0, 0.1) is 0 Å². The van der Waals surface area contributed by atoms with Gasteiger partial charge in [0.25, 0.3) is 0 Å². The Morgan fingerprint density at radius 2 is 1.72 bits per heavy atom. The van der Waals surface area contributed by atoms with Gasteiger partial charge in [0.15, 0.2) is 5.96 Å². The number of aliphatic imine (C=N–C) groups is 1. The van der Waals surface area contributed by atoms with Crippen molar-refractivity contribution in [3.63, 3.8) is 0 Å². The van der Waals surface area contributed by atoms with Crippen molar-refractivity contribution in [1.82, 2.24) is 10.6 Å². The lowest BCUT2D eigenvalue weighted by Crippen LogP contribution is -2.48. The first kappa shape index (κ1) is 26.1. The Labute approximate surface area is 193 Å². The summed E-state index contributed by atoms with van der Waals surface area (Å²) in [6.07, 6.45) is 4.31. The minimum atomic E-state index is 0. The van der Waals surface area contributed by atoms with Crippen molar-refractivity contribution in [2.45, 2.75) is 38.0 Å². The standard InChI is InChI=1S/C22H37N3O3.HI/c1-3-4-13-26-17-18-28-16-12-24-21(23-2)25-19-22(10-14-27-15-11-22)20-8-6-5-7-9-20;/h5-9H,3-4,10-19H2,1-2H3,(H2,23,24,25);1H. The fourth-order valence-electron chi connectivity index (χ4n) is 3.40. The summed E-state index contributed by atoms with van der Waals surface area (Å²) in [5.41, 5.74) is 1.45. The molecule has 0 saturated carbocycles. The average Bonchev–Trinajstić information content (AvgIpc) is 2.76. The molecule has 0 spiro atoms. The van der Waals surface area contributed by atoms with Crippen LogP contribution in [0.25, 0.3) is 0 Å². The molecule has 2 rings (SSSR count). The minimum Gasteiger partial charge on any atom is -0.381 e. The van der Waals surface area contributed by atoms with Gasteiger partial charge in [0.05, 0.1) is 19.8 Å². The van der Waals surface area contributed by atoms with Gasteiger partial charge in [-0.05, 0) is 24.8 Å². The first-order chi connectivity index (χ1) is 13.8. The molecule has 0 atom stereocenters. The van der Waals surface area contributed by atoms with Gasteiger partial charge in [-0.15, -0.1) is 24.0 Å². The third kappa shape index (κ3) is 9.63. The fourth-order valence-corrected chi connectivity index (χ4v) is 3.40. The normalized spacial score (nSPS) is 16.1. The summed E-state index contributed by atoms with van der Waals surface area (Å²) in [4.78, 5) is 4.35. The molecular formula is C22H38IN3O3. The molecule has 166 valence electrons. The molecule has 1 aliphatic heterocycles. The van der Waals surface area contributed by atoms with E-state index in [1.54, 1.807) is 7.05 Å². The van der Waals surface area contributed by atoms with Crippen molar-refractivity contribution in [2.24, 2.45) is 4.99 Å². The minimum absolute atomic E-state index is 0. The highest BCUT2D eigenvalue weighted by atomic mass is 127. The van der Waals surface area contributed by atoms with Gasteiger partial charge in [0, 0.05) is 45.4 Å². The number of hydrogen-bond acceptors (Lipinski definition) is 4. The van der Waals surface area contributed by atoms with Crippen molar-refractivity contribution in [1.29, 1.82) is 0 Å². The summed E-state index contributed by atoms with van der Waals surface area (Å²) >= 11 is 0. The van der Waals surface area contributed by atoms with E-state index in [2.05, 4.69) is 52.9 Å². The van der Waals surface area contributed by atoms with Crippen molar-refractivity contribution >= 4 is 29.9 Å². The van der Waals surface area contributed by atoms with Crippen LogP contribution in [-0.2, 0) is 19.6 Å². The summed E-state index contributed by atoms with van der Waals surface area (Å²) in [5, 5.41) is 6.84. The van der Waals surface area contributed by atoms with E-state index >= 15 is 0 Å². The Morgan fingerprint density at radius 3 is 2.38 bits per heavy atom. The molecular weight excluding hydrogens is 481 g/mol. The second kappa shape index (κ2) is 15.9. The van der Waals surface area contributed by atoms with E-state index < -0.39 is 0 Å². The van der Waals surface area contributed by atoms with E-state index in [9.17, 15) is 0 Å². The van der Waals surface area contributed by atoms with E-state index in [-0.39, 0.29) is 29.4 Å². The van der Waals surface area contributed by atoms with Gasteiger partial charge in [-0.25, -0.2) is 0 Å². The van der Waals surface area contributed by atoms with Crippen LogP contribution in [0.2, 0.25) is 0 Å². The van der Waals surface area contributed by atoms with Crippen molar-refractivity contribution in [2.75, 3.05) is 59.8 Å². The predicted octanol–water partition coefficient (Wildman–Crippen LogP) is 3.35. The van der Waals surface area contributed by atoms with Gasteiger partial charge in [-0.3, -0.25) is 4.99 Å². The SMILES string of the molecule is CCCCOCCOCCNC(=NC)NCC1(c2ccccc2)CCOCC1.I. The van der Waals surface area contributed by atoms with Crippen LogP contribution >= 0.6 is 24.0 Å². The topological polar surface area (TPSA) is 64.1 Å². The van der Waals surface area contributed by atoms with Crippen molar-refractivity contribution in [3.8, 4) is 0 Å². The predicted molar refractivity (Wildman–Crippen MR) is 129 cm³/mol. The lowest BCUT2D eigenvalue weighted by Gasteiger charge is -2.38. The summed E-state index contributed by atoms with van der Waals surface area (Å²) in [6, 6.07) is 10.7. The highest BCUT2D eigenvalue weighted by Crippen LogP contribution is 2.34. The first-order valence-corrected chi connectivity index (χ1v) is 10.5. The lowest BCUT2D eigenvalue weighted by molar-refractivity contribution is 0.0484. The summed E-state index contributed by atoms with van der Waals surface area (Å²) in [7, 11) is 1.80. The van der Waals surface area contributed by atoms with Crippen LogP contribution in [0.1, 0.15) is 38.2 Å². The zero-order valence-electron chi connectivity index (χ0n) is 18.0. The van der Waals surface area contributed by atoms with Crippen LogP contribution in [-0.4, -0.2) is 65.7 Å². The van der Waals surface area contributed by atoms with Gasteiger partial charge in [0.1, 0.15) is 0 Å². The maximum absolute atomic E-state index is 5.61. The third-order valence-electron chi connectivity index (χ3n) is 5.21. The number of nitrogens with one attached hydrogen (secondary N) is 2. The number of halogens is 1. The molecule has 0 radical (unpaired) electrons. The molecule has 6 nitrogen and oxygen atoms in total. The maximum Gasteiger partial charge on any atom is 0.191 e. The van der Waals surface area contributed by atoms with Gasteiger partial charge in [0.2, 0.25) is 0 Å². The number of nitrogens with zero attached hydrogens (tertiary/aromatic N) is 1. The first-order valence-electron chi connectivity index (χ1n) is 10.5. The van der Waals surface area contributed by atoms with Crippen LogP contribution in [0.15, 0.2) is 35.3 Å². The molecule has 7 heteroatoms. The molecule has 1 saturated heterocycles. The molecule has 2 N–H and O–H groups in total. The average molecular weight is 519 g/mol. The highest BCUT2D eigenvalue weighted by molar-refractivity contribution is 14.0. The zero-order valence-corrected chi connectivity index (χ0v) is 20.3. The Balaban J connectivity index is 0.00000420. The monoisotopic (exact) mass is 519 g/mol. The van der Waals surface area contributed by atoms with Crippen LogP contribution < -0.4 is 10.6 Å². The van der Waals surface area contributed by atoms with E-state index in [4.69, 9.17) is 14.2 Å². The number of unbranched alkanes of at least 4 members (excludes halogenated alkanes) is 1. The summed E-state index contributed by atoms with van der Waals surface area (Å²) in [6.45, 7) is 8.08. The number of benzene rings is 1. The van der Waals surface area contributed by atoms with Crippen LogP contribution in [0.5, 0.6) is 0 Å². The molecule has 0 bridgehead atoms. The quantitative estimate of drug-likeness (QED) is 0.192. The van der Waals surface area contributed by atoms with Crippen LogP contribution in [0.4, 0.5) is 0 Å². The maximum atomic E-state index is 5.61. The molecule has 0 aromatic heterocycles. The second-order valence-corrected chi connectivity index (χ2v) is 7.19. The highest BCUT2D eigenvalue weighted by Gasteiger charge is 2.34. The molecule has 1 aliphatic rings. The number of hydrogen-bond donors (Lipinski definition) is 2. The second-order valence-electron chi connectivity index (χ2n) is 7.19. The zero-order chi connectivity index (χ0) is 19.9. The van der Waals surface area contributed by atoms with E-state index in [1.165, 1.54) is 5.56 Å². The molecule has 1 heterocycles. The van der Waals surface area contributed by atoms with E-state index in [0.29, 0.717) is 19.8 Å². The lowest BCUT2D eigenvalue weighted by atomic mass is 9.74. The Morgan fingerprint density at radius 1 is 1.03 bits per heavy atom. The molecule has 1 aromatic rings. The number of ether oxygens (including phenoxy) is 3. The summed E-state index contributed by atoms with van der Waals surface area (Å²) in [5.74, 6) is 0.810. The Bertz CT molecular complexity index is 551. The smallest absolute Gasteiger partial charge is 0.191 e. The van der Waals surface area contributed by atoms with Gasteiger partial charge in [-0.1, -0.05) is 43.7 Å². The molecule has 0 unspecified atom stereocenters.